The predicted octanol–water partition coefficient (Wildman–Crippen LogP) is -0.383. The highest BCUT2D eigenvalue weighted by molar-refractivity contribution is 7.88. The molecule has 0 aromatic carbocycles. The van der Waals surface area contributed by atoms with Crippen LogP contribution >= 0.6 is 0 Å². The van der Waals surface area contributed by atoms with Crippen LogP contribution in [0, 0.1) is 0 Å². The van der Waals surface area contributed by atoms with E-state index in [0.29, 0.717) is 18.8 Å². The summed E-state index contributed by atoms with van der Waals surface area (Å²) in [5, 5.41) is 11.5. The molecule has 0 aliphatic heterocycles. The van der Waals surface area contributed by atoms with Crippen molar-refractivity contribution in [1.82, 2.24) is 10.0 Å². The summed E-state index contributed by atoms with van der Waals surface area (Å²) < 4.78 is 28.7. The van der Waals surface area contributed by atoms with E-state index in [1.165, 1.54) is 6.07 Å². The van der Waals surface area contributed by atoms with Gasteiger partial charge in [-0.2, -0.15) is 0 Å². The molecule has 1 heterocycles. The van der Waals surface area contributed by atoms with Crippen molar-refractivity contribution in [2.24, 2.45) is 0 Å². The third-order valence-corrected chi connectivity index (χ3v) is 2.57. The van der Waals surface area contributed by atoms with Gasteiger partial charge < -0.3 is 14.8 Å². The van der Waals surface area contributed by atoms with Crippen LogP contribution in [0.3, 0.4) is 0 Å². The smallest absolute Gasteiger partial charge is 0.371 e. The van der Waals surface area contributed by atoms with Crippen molar-refractivity contribution in [2.75, 3.05) is 19.3 Å². The molecule has 1 aromatic rings. The summed E-state index contributed by atoms with van der Waals surface area (Å²) in [5.74, 6) is -0.743. The monoisotopic (exact) mass is 262 g/mol. The van der Waals surface area contributed by atoms with Crippen molar-refractivity contribution in [1.29, 1.82) is 0 Å². The van der Waals surface area contributed by atoms with Crippen LogP contribution in [0.1, 0.15) is 16.3 Å². The highest BCUT2D eigenvalue weighted by Crippen LogP contribution is 2.06. The quantitative estimate of drug-likeness (QED) is 0.578. The molecule has 1 aromatic heterocycles. The Morgan fingerprint density at radius 3 is 2.65 bits per heavy atom. The largest absolute Gasteiger partial charge is 0.475 e. The maximum Gasteiger partial charge on any atom is 0.371 e. The maximum atomic E-state index is 10.7. The minimum Gasteiger partial charge on any atom is -0.475 e. The molecule has 8 heteroatoms. The topological polar surface area (TPSA) is 109 Å². The van der Waals surface area contributed by atoms with Gasteiger partial charge in [-0.1, -0.05) is 0 Å². The van der Waals surface area contributed by atoms with Gasteiger partial charge in [0.1, 0.15) is 5.76 Å². The average Bonchev–Trinajstić information content (AvgIpc) is 2.64. The second-order valence-electron chi connectivity index (χ2n) is 3.41. The molecule has 0 fully saturated rings. The summed E-state index contributed by atoms with van der Waals surface area (Å²) in [6.07, 6.45) is 1.08. The van der Waals surface area contributed by atoms with E-state index in [2.05, 4.69) is 10.0 Å². The molecule has 0 aliphatic rings. The van der Waals surface area contributed by atoms with Gasteiger partial charge in [0, 0.05) is 13.1 Å². The van der Waals surface area contributed by atoms with E-state index in [9.17, 15) is 13.2 Å². The zero-order valence-electron chi connectivity index (χ0n) is 9.26. The minimum absolute atomic E-state index is 0.115. The average molecular weight is 262 g/mol. The molecular weight excluding hydrogens is 248 g/mol. The molecule has 96 valence electrons. The van der Waals surface area contributed by atoms with Gasteiger partial charge in [0.2, 0.25) is 15.8 Å². The first-order valence-corrected chi connectivity index (χ1v) is 6.75. The number of hydrogen-bond donors (Lipinski definition) is 3. The standard InChI is InChI=1S/C9H14N2O5S/c1-17(14,15)11-5-4-10-6-7-2-3-8(16-7)9(12)13/h2-3,10-11H,4-6H2,1H3,(H,12,13). The second kappa shape index (κ2) is 5.80. The van der Waals surface area contributed by atoms with Crippen LogP contribution in [0.4, 0.5) is 0 Å². The van der Waals surface area contributed by atoms with Gasteiger partial charge >= 0.3 is 5.97 Å². The second-order valence-corrected chi connectivity index (χ2v) is 5.25. The summed E-state index contributed by atoms with van der Waals surface area (Å²) in [7, 11) is -3.17. The first kappa shape index (κ1) is 13.7. The molecule has 0 spiro atoms. The summed E-state index contributed by atoms with van der Waals surface area (Å²) in [6, 6.07) is 2.93. The Hall–Kier alpha value is -1.38. The number of aromatic carboxylic acids is 1. The van der Waals surface area contributed by atoms with E-state index < -0.39 is 16.0 Å². The third-order valence-electron chi connectivity index (χ3n) is 1.84. The van der Waals surface area contributed by atoms with Crippen molar-refractivity contribution in [3.8, 4) is 0 Å². The number of carbonyl (C=O) groups is 1. The van der Waals surface area contributed by atoms with Crippen molar-refractivity contribution >= 4 is 16.0 Å². The number of hydrogen-bond acceptors (Lipinski definition) is 5. The molecule has 0 aliphatic carbocycles. The van der Waals surface area contributed by atoms with Crippen LogP contribution in [-0.2, 0) is 16.6 Å². The van der Waals surface area contributed by atoms with Crippen LogP contribution < -0.4 is 10.0 Å². The van der Waals surface area contributed by atoms with E-state index in [1.807, 2.05) is 0 Å². The zero-order valence-corrected chi connectivity index (χ0v) is 10.1. The Morgan fingerprint density at radius 2 is 2.12 bits per heavy atom. The molecule has 0 bridgehead atoms. The Bertz CT molecular complexity index is 479. The van der Waals surface area contributed by atoms with Gasteiger partial charge in [-0.05, 0) is 12.1 Å². The van der Waals surface area contributed by atoms with Crippen molar-refractivity contribution in [2.45, 2.75) is 6.54 Å². The summed E-state index contributed by atoms with van der Waals surface area (Å²) in [4.78, 5) is 10.5. The fourth-order valence-electron chi connectivity index (χ4n) is 1.12. The molecule has 0 unspecified atom stereocenters. The van der Waals surface area contributed by atoms with Crippen molar-refractivity contribution < 1.29 is 22.7 Å². The van der Waals surface area contributed by atoms with Crippen molar-refractivity contribution in [3.05, 3.63) is 23.7 Å². The Kier molecular flexibility index (Phi) is 4.67. The summed E-state index contributed by atoms with van der Waals surface area (Å²) in [5.41, 5.74) is 0. The lowest BCUT2D eigenvalue weighted by Crippen LogP contribution is -2.30. The van der Waals surface area contributed by atoms with Crippen LogP contribution in [0.25, 0.3) is 0 Å². The minimum atomic E-state index is -3.17. The molecule has 7 nitrogen and oxygen atoms in total. The van der Waals surface area contributed by atoms with Crippen LogP contribution in [0.5, 0.6) is 0 Å². The van der Waals surface area contributed by atoms with E-state index in [0.717, 1.165) is 6.26 Å². The molecule has 0 saturated carbocycles. The van der Waals surface area contributed by atoms with E-state index >= 15 is 0 Å². The zero-order chi connectivity index (χ0) is 12.9. The first-order valence-electron chi connectivity index (χ1n) is 4.86. The molecule has 1 rings (SSSR count). The van der Waals surface area contributed by atoms with Gasteiger partial charge in [-0.15, -0.1) is 0 Å². The molecular formula is C9H14N2O5S. The van der Waals surface area contributed by atoms with Gasteiger partial charge in [0.15, 0.2) is 0 Å². The number of nitrogens with one attached hydrogen (secondary N) is 2. The lowest BCUT2D eigenvalue weighted by Gasteiger charge is -2.03. The summed E-state index contributed by atoms with van der Waals surface area (Å²) in [6.45, 7) is 1.04. The number of furan rings is 1. The molecule has 17 heavy (non-hydrogen) atoms. The third kappa shape index (κ3) is 5.48. The van der Waals surface area contributed by atoms with Gasteiger partial charge in [0.05, 0.1) is 12.8 Å². The molecule has 3 N–H and O–H groups in total. The lowest BCUT2D eigenvalue weighted by molar-refractivity contribution is 0.0660. The SMILES string of the molecule is CS(=O)(=O)NCCNCc1ccc(C(=O)O)o1. The molecule has 0 atom stereocenters. The van der Waals surface area contributed by atoms with Crippen LogP contribution in [-0.4, -0.2) is 38.8 Å². The number of carboxylic acids is 1. The normalized spacial score (nSPS) is 11.6. The van der Waals surface area contributed by atoms with Crippen LogP contribution in [0.2, 0.25) is 0 Å². The highest BCUT2D eigenvalue weighted by Gasteiger charge is 2.08. The highest BCUT2D eigenvalue weighted by atomic mass is 32.2. The van der Waals surface area contributed by atoms with Gasteiger partial charge in [-0.3, -0.25) is 0 Å². The Balaban J connectivity index is 2.24. The molecule has 0 amide bonds. The maximum absolute atomic E-state index is 10.7. The van der Waals surface area contributed by atoms with Crippen molar-refractivity contribution in [3.63, 3.8) is 0 Å². The van der Waals surface area contributed by atoms with Gasteiger partial charge in [0.25, 0.3) is 0 Å². The van der Waals surface area contributed by atoms with E-state index in [1.54, 1.807) is 6.07 Å². The van der Waals surface area contributed by atoms with E-state index in [-0.39, 0.29) is 12.3 Å². The van der Waals surface area contributed by atoms with Crippen LogP contribution in [0.15, 0.2) is 16.5 Å². The number of carboxylic acid groups (broad SMARTS) is 1. The summed E-state index contributed by atoms with van der Waals surface area (Å²) >= 11 is 0. The molecule has 0 saturated heterocycles. The molecule has 0 radical (unpaired) electrons. The Labute approximate surface area is 98.9 Å². The fourth-order valence-corrected chi connectivity index (χ4v) is 1.60. The number of rotatable bonds is 7. The van der Waals surface area contributed by atoms with Gasteiger partial charge in [-0.25, -0.2) is 17.9 Å². The fraction of sp³-hybridized carbons (Fsp3) is 0.444. The first-order chi connectivity index (χ1) is 7.88. The predicted molar refractivity (Wildman–Crippen MR) is 60.2 cm³/mol. The number of sulfonamides is 1. The van der Waals surface area contributed by atoms with E-state index in [4.69, 9.17) is 9.52 Å². The Morgan fingerprint density at radius 1 is 1.41 bits per heavy atom. The lowest BCUT2D eigenvalue weighted by atomic mass is 10.4.